The molecule has 0 fully saturated rings. The summed E-state index contributed by atoms with van der Waals surface area (Å²) in [6, 6.07) is 6.41. The van der Waals surface area contributed by atoms with Gasteiger partial charge in [-0.1, -0.05) is 26.0 Å². The maximum atomic E-state index is 11.1. The molecular weight excluding hydrogens is 192 g/mol. The van der Waals surface area contributed by atoms with Gasteiger partial charge in [0, 0.05) is 0 Å². The molecule has 0 spiro atoms. The standard InChI is InChI=1S/C10H12O2.Ca.2H/c1-7(2)8-4-3-5-9(11)10(12)6-8;;;/h3-7H,1-2H3,(H,11,12);;;/q;+2;2*-1. The van der Waals surface area contributed by atoms with E-state index in [1.165, 1.54) is 12.1 Å². The molecule has 0 saturated heterocycles. The van der Waals surface area contributed by atoms with Crippen LogP contribution in [-0.4, -0.2) is 42.8 Å². The van der Waals surface area contributed by atoms with Crippen LogP contribution in [0.2, 0.25) is 0 Å². The Labute approximate surface area is 111 Å². The average molecular weight is 206 g/mol. The summed E-state index contributed by atoms with van der Waals surface area (Å²) in [4.78, 5) is 11.1. The van der Waals surface area contributed by atoms with Gasteiger partial charge in [0.25, 0.3) is 0 Å². The van der Waals surface area contributed by atoms with Gasteiger partial charge < -0.3 is 7.96 Å². The van der Waals surface area contributed by atoms with Crippen LogP contribution in [0.1, 0.15) is 28.2 Å². The number of hydrogen-bond donors (Lipinski definition) is 1. The summed E-state index contributed by atoms with van der Waals surface area (Å²) in [5, 5.41) is 9.07. The third kappa shape index (κ3) is 3.67. The molecule has 0 bridgehead atoms. The molecule has 0 radical (unpaired) electrons. The third-order valence-electron chi connectivity index (χ3n) is 1.76. The number of aromatic hydroxyl groups is 1. The van der Waals surface area contributed by atoms with Crippen LogP contribution >= 0.6 is 0 Å². The zero-order valence-corrected chi connectivity index (χ0v) is 10.2. The molecule has 1 N–H and O–H groups in total. The van der Waals surface area contributed by atoms with Gasteiger partial charge in [0.1, 0.15) is 0 Å². The van der Waals surface area contributed by atoms with Gasteiger partial charge in [-0.3, -0.25) is 4.79 Å². The molecule has 1 rings (SSSR count). The molecule has 1 aromatic rings. The van der Waals surface area contributed by atoms with E-state index in [0.717, 1.165) is 5.56 Å². The van der Waals surface area contributed by atoms with Gasteiger partial charge in [-0.2, -0.15) is 0 Å². The molecule has 0 unspecified atom stereocenters. The molecule has 0 saturated carbocycles. The Balaban J connectivity index is -0.000000480. The summed E-state index contributed by atoms with van der Waals surface area (Å²) in [6.07, 6.45) is 0. The molecule has 0 aromatic heterocycles. The van der Waals surface area contributed by atoms with E-state index >= 15 is 0 Å². The summed E-state index contributed by atoms with van der Waals surface area (Å²) in [5.41, 5.74) is 0.629. The molecule has 0 aliphatic heterocycles. The van der Waals surface area contributed by atoms with Crippen molar-refractivity contribution < 1.29 is 7.96 Å². The Morgan fingerprint density at radius 3 is 2.54 bits per heavy atom. The van der Waals surface area contributed by atoms with Gasteiger partial charge in [-0.25, -0.2) is 0 Å². The molecule has 1 aromatic carbocycles. The Morgan fingerprint density at radius 1 is 1.38 bits per heavy atom. The molecule has 0 aliphatic carbocycles. The van der Waals surface area contributed by atoms with Crippen LogP contribution in [0.15, 0.2) is 29.1 Å². The van der Waals surface area contributed by atoms with Crippen molar-refractivity contribution >= 4 is 37.7 Å². The zero-order valence-electron chi connectivity index (χ0n) is 9.95. The van der Waals surface area contributed by atoms with Crippen LogP contribution in [0.25, 0.3) is 0 Å². The topological polar surface area (TPSA) is 37.3 Å². The molecule has 0 aliphatic rings. The zero-order chi connectivity index (χ0) is 9.14. The normalized spacial score (nSPS) is 9.46. The second-order valence-corrected chi connectivity index (χ2v) is 3.07. The minimum Gasteiger partial charge on any atom is -1.00 e. The summed E-state index contributed by atoms with van der Waals surface area (Å²) >= 11 is 0. The van der Waals surface area contributed by atoms with E-state index in [0.29, 0.717) is 5.92 Å². The van der Waals surface area contributed by atoms with Crippen LogP contribution in [0, 0.1) is 0 Å². The Kier molecular flexibility index (Phi) is 5.61. The molecule has 2 nitrogen and oxygen atoms in total. The Morgan fingerprint density at radius 2 is 2.00 bits per heavy atom. The van der Waals surface area contributed by atoms with Crippen molar-refractivity contribution in [3.8, 4) is 5.75 Å². The van der Waals surface area contributed by atoms with E-state index in [9.17, 15) is 4.79 Å². The molecule has 0 atom stereocenters. The second-order valence-electron chi connectivity index (χ2n) is 3.07. The first-order valence-corrected chi connectivity index (χ1v) is 3.94. The van der Waals surface area contributed by atoms with Crippen molar-refractivity contribution in [1.82, 2.24) is 0 Å². The van der Waals surface area contributed by atoms with Crippen molar-refractivity contribution in [2.24, 2.45) is 0 Å². The van der Waals surface area contributed by atoms with E-state index < -0.39 is 0 Å². The van der Waals surface area contributed by atoms with E-state index in [4.69, 9.17) is 5.11 Å². The van der Waals surface area contributed by atoms with Crippen molar-refractivity contribution in [1.29, 1.82) is 0 Å². The minimum atomic E-state index is -0.316. The Bertz CT molecular complexity index is 343. The van der Waals surface area contributed by atoms with Gasteiger partial charge in [0.2, 0.25) is 5.43 Å². The monoisotopic (exact) mass is 206 g/mol. The predicted octanol–water partition coefficient (Wildman–Crippen LogP) is 1.72. The fourth-order valence-corrected chi connectivity index (χ4v) is 0.965. The van der Waals surface area contributed by atoms with Gasteiger partial charge >= 0.3 is 37.7 Å². The average Bonchev–Trinajstić information content (AvgIpc) is 2.15. The quantitative estimate of drug-likeness (QED) is 0.710. The van der Waals surface area contributed by atoms with Crippen LogP contribution in [0.4, 0.5) is 0 Å². The summed E-state index contributed by atoms with van der Waals surface area (Å²) in [7, 11) is 0. The van der Waals surface area contributed by atoms with Gasteiger partial charge in [-0.15, -0.1) is 0 Å². The molecule has 68 valence electrons. The van der Waals surface area contributed by atoms with Gasteiger partial charge in [0.15, 0.2) is 5.75 Å². The SMILES string of the molecule is CC(C)c1cccc(O)c(=O)c1.[Ca+2].[H-].[H-]. The van der Waals surface area contributed by atoms with Crippen LogP contribution in [-0.2, 0) is 0 Å². The van der Waals surface area contributed by atoms with Crippen molar-refractivity contribution in [2.45, 2.75) is 19.8 Å². The first kappa shape index (κ1) is 12.9. The molecule has 13 heavy (non-hydrogen) atoms. The number of rotatable bonds is 1. The Hall–Kier alpha value is -0.0503. The fourth-order valence-electron chi connectivity index (χ4n) is 0.965. The maximum Gasteiger partial charge on any atom is 2.00 e. The fraction of sp³-hybridized carbons (Fsp3) is 0.300. The van der Waals surface area contributed by atoms with Crippen LogP contribution in [0.5, 0.6) is 5.75 Å². The summed E-state index contributed by atoms with van der Waals surface area (Å²) in [5.74, 6) is 0.117. The van der Waals surface area contributed by atoms with Crippen molar-refractivity contribution in [3.63, 3.8) is 0 Å². The maximum absolute atomic E-state index is 11.1. The second kappa shape index (κ2) is 5.63. The predicted molar refractivity (Wildman–Crippen MR) is 56.4 cm³/mol. The first-order valence-electron chi connectivity index (χ1n) is 3.94. The first-order chi connectivity index (χ1) is 5.61. The number of hydrogen-bond acceptors (Lipinski definition) is 2. The molecule has 0 amide bonds. The summed E-state index contributed by atoms with van der Waals surface area (Å²) in [6.45, 7) is 4.01. The van der Waals surface area contributed by atoms with E-state index in [1.54, 1.807) is 6.07 Å². The molecule has 0 heterocycles. The van der Waals surface area contributed by atoms with E-state index in [1.807, 2.05) is 19.9 Å². The van der Waals surface area contributed by atoms with Gasteiger partial charge in [-0.05, 0) is 23.6 Å². The molecular formula is C10H14CaO2. The minimum absolute atomic E-state index is 0. The van der Waals surface area contributed by atoms with Crippen molar-refractivity contribution in [3.05, 3.63) is 40.1 Å². The van der Waals surface area contributed by atoms with Gasteiger partial charge in [0.05, 0.1) is 0 Å². The summed E-state index contributed by atoms with van der Waals surface area (Å²) < 4.78 is 0. The van der Waals surface area contributed by atoms with Crippen molar-refractivity contribution in [2.75, 3.05) is 0 Å². The van der Waals surface area contributed by atoms with Crippen LogP contribution in [0.3, 0.4) is 0 Å². The third-order valence-corrected chi connectivity index (χ3v) is 1.76. The largest absolute Gasteiger partial charge is 2.00 e. The van der Waals surface area contributed by atoms with Crippen LogP contribution < -0.4 is 5.43 Å². The van der Waals surface area contributed by atoms with E-state index in [2.05, 4.69) is 0 Å². The van der Waals surface area contributed by atoms with E-state index in [-0.39, 0.29) is 51.8 Å². The molecule has 3 heteroatoms. The smallest absolute Gasteiger partial charge is 1.00 e.